The van der Waals surface area contributed by atoms with E-state index < -0.39 is 12.1 Å². The smallest absolute Gasteiger partial charge is 0.475 e. The predicted molar refractivity (Wildman–Crippen MR) is 148 cm³/mol. The van der Waals surface area contributed by atoms with Crippen LogP contribution in [-0.4, -0.2) is 59.1 Å². The first kappa shape index (κ1) is 30.3. The van der Waals surface area contributed by atoms with E-state index in [1.54, 1.807) is 0 Å². The van der Waals surface area contributed by atoms with Crippen molar-refractivity contribution in [1.29, 1.82) is 0 Å². The van der Waals surface area contributed by atoms with Crippen LogP contribution in [0.5, 0.6) is 0 Å². The summed E-state index contributed by atoms with van der Waals surface area (Å²) in [5.74, 6) is -2.82. The first-order chi connectivity index (χ1) is 18.5. The zero-order chi connectivity index (χ0) is 28.4. The lowest BCUT2D eigenvalue weighted by atomic mass is 10.1. The third kappa shape index (κ3) is 10.1. The highest BCUT2D eigenvalue weighted by atomic mass is 32.1. The monoisotopic (exact) mass is 561 g/mol. The number of carboxylic acids is 1. The van der Waals surface area contributed by atoms with E-state index in [0.29, 0.717) is 5.56 Å². The number of alkyl halides is 3. The van der Waals surface area contributed by atoms with Crippen molar-refractivity contribution in [2.24, 2.45) is 0 Å². The zero-order valence-corrected chi connectivity index (χ0v) is 22.9. The molecule has 2 aromatic carbocycles. The molecule has 1 amide bonds. The third-order valence-electron chi connectivity index (χ3n) is 6.34. The second-order valence-corrected chi connectivity index (χ2v) is 10.8. The topological polar surface area (TPSA) is 72.9 Å². The van der Waals surface area contributed by atoms with Gasteiger partial charge in [-0.2, -0.15) is 13.2 Å². The molecular formula is C29H34F3N3O3S. The van der Waals surface area contributed by atoms with E-state index in [-0.39, 0.29) is 5.91 Å². The average Bonchev–Trinajstić information content (AvgIpc) is 3.18. The summed E-state index contributed by atoms with van der Waals surface area (Å²) < 4.78 is 31.7. The number of aliphatic carboxylic acids is 1. The van der Waals surface area contributed by atoms with Gasteiger partial charge in [0.15, 0.2) is 0 Å². The number of aryl methyl sites for hydroxylation is 2. The summed E-state index contributed by atoms with van der Waals surface area (Å²) >= 11 is 1.91. The number of amides is 1. The molecule has 0 saturated carbocycles. The van der Waals surface area contributed by atoms with E-state index in [0.717, 1.165) is 51.4 Å². The number of anilines is 1. The normalized spacial score (nSPS) is 14.7. The van der Waals surface area contributed by atoms with Gasteiger partial charge in [0.25, 0.3) is 5.91 Å². The Morgan fingerprint density at radius 3 is 1.95 bits per heavy atom. The number of hydrogen-bond acceptors (Lipinski definition) is 5. The Hall–Kier alpha value is -3.21. The van der Waals surface area contributed by atoms with Crippen LogP contribution in [0.4, 0.5) is 18.9 Å². The van der Waals surface area contributed by atoms with E-state index >= 15 is 0 Å². The van der Waals surface area contributed by atoms with Crippen LogP contribution in [0.2, 0.25) is 0 Å². The molecule has 0 aliphatic carbocycles. The van der Waals surface area contributed by atoms with Crippen LogP contribution in [-0.2, 0) is 24.3 Å². The summed E-state index contributed by atoms with van der Waals surface area (Å²) in [6.07, 6.45) is -2.89. The molecule has 3 aromatic rings. The highest BCUT2D eigenvalue weighted by Crippen LogP contribution is 2.19. The van der Waals surface area contributed by atoms with Crippen LogP contribution in [0.25, 0.3) is 0 Å². The van der Waals surface area contributed by atoms with Gasteiger partial charge in [0.2, 0.25) is 0 Å². The molecule has 2 N–H and O–H groups in total. The number of nitrogens with zero attached hydrogens (tertiary/aromatic N) is 2. The Kier molecular flexibility index (Phi) is 11.1. The van der Waals surface area contributed by atoms with Crippen molar-refractivity contribution in [3.8, 4) is 0 Å². The maximum atomic E-state index is 12.6. The summed E-state index contributed by atoms with van der Waals surface area (Å²) in [5.41, 5.74) is 4.06. The molecule has 210 valence electrons. The van der Waals surface area contributed by atoms with Crippen molar-refractivity contribution in [3.05, 3.63) is 87.1 Å². The number of rotatable bonds is 7. The molecule has 0 unspecified atom stereocenters. The Morgan fingerprint density at radius 1 is 0.872 bits per heavy atom. The summed E-state index contributed by atoms with van der Waals surface area (Å²) in [7, 11) is 0. The number of carboxylic acid groups (broad SMARTS) is 1. The lowest BCUT2D eigenvalue weighted by Gasteiger charge is -2.21. The Balaban J connectivity index is 0.000000532. The van der Waals surface area contributed by atoms with Crippen molar-refractivity contribution in [3.63, 3.8) is 0 Å². The summed E-state index contributed by atoms with van der Waals surface area (Å²) in [6, 6.07) is 20.6. The Bertz CT molecular complexity index is 1210. The number of carbonyl (C=O) groups excluding carboxylic acids is 1. The number of hydrogen-bond donors (Lipinski definition) is 2. The molecule has 2 heterocycles. The van der Waals surface area contributed by atoms with E-state index in [4.69, 9.17) is 9.90 Å². The molecule has 1 saturated heterocycles. The van der Waals surface area contributed by atoms with E-state index in [1.165, 1.54) is 27.3 Å². The quantitative estimate of drug-likeness (QED) is 0.359. The van der Waals surface area contributed by atoms with Crippen LogP contribution in [0.15, 0.2) is 60.7 Å². The molecule has 10 heteroatoms. The number of halogens is 3. The van der Waals surface area contributed by atoms with Gasteiger partial charge in [0.05, 0.1) is 0 Å². The lowest BCUT2D eigenvalue weighted by Crippen LogP contribution is -2.30. The minimum Gasteiger partial charge on any atom is -0.475 e. The zero-order valence-electron chi connectivity index (χ0n) is 22.1. The van der Waals surface area contributed by atoms with Gasteiger partial charge in [-0.05, 0) is 80.4 Å². The van der Waals surface area contributed by atoms with Crippen molar-refractivity contribution in [2.75, 3.05) is 31.5 Å². The van der Waals surface area contributed by atoms with Crippen molar-refractivity contribution in [2.45, 2.75) is 46.0 Å². The largest absolute Gasteiger partial charge is 0.490 e. The summed E-state index contributed by atoms with van der Waals surface area (Å²) in [5, 5.41) is 10.1. The fourth-order valence-corrected chi connectivity index (χ4v) is 5.11. The van der Waals surface area contributed by atoms with Crippen LogP contribution in [0, 0.1) is 6.92 Å². The van der Waals surface area contributed by atoms with Crippen LogP contribution >= 0.6 is 11.3 Å². The van der Waals surface area contributed by atoms with Crippen molar-refractivity contribution < 1.29 is 27.9 Å². The molecule has 1 aromatic heterocycles. The Morgan fingerprint density at radius 2 is 1.44 bits per heavy atom. The first-order valence-corrected chi connectivity index (χ1v) is 13.6. The van der Waals surface area contributed by atoms with Gasteiger partial charge in [0, 0.05) is 47.2 Å². The van der Waals surface area contributed by atoms with E-state index in [1.807, 2.05) is 35.6 Å². The highest BCUT2D eigenvalue weighted by Gasteiger charge is 2.38. The SMILES string of the molecule is CCc1ccc(NC(=O)c2ccc(CN3CCCN(Cc4ccc(C)s4)CC3)cc2)cc1.O=C(O)C(F)(F)F. The summed E-state index contributed by atoms with van der Waals surface area (Å²) in [6.45, 7) is 10.8. The molecule has 0 spiro atoms. The van der Waals surface area contributed by atoms with Gasteiger partial charge in [-0.3, -0.25) is 14.6 Å². The van der Waals surface area contributed by atoms with E-state index in [2.05, 4.69) is 65.4 Å². The average molecular weight is 562 g/mol. The van der Waals surface area contributed by atoms with Gasteiger partial charge in [-0.15, -0.1) is 11.3 Å². The second-order valence-electron chi connectivity index (χ2n) is 9.42. The molecule has 1 aliphatic rings. The number of thiophene rings is 1. The molecule has 39 heavy (non-hydrogen) atoms. The molecule has 4 rings (SSSR count). The highest BCUT2D eigenvalue weighted by molar-refractivity contribution is 7.11. The molecular weight excluding hydrogens is 527 g/mol. The fourth-order valence-electron chi connectivity index (χ4n) is 4.18. The van der Waals surface area contributed by atoms with Crippen molar-refractivity contribution in [1.82, 2.24) is 9.80 Å². The van der Waals surface area contributed by atoms with Crippen LogP contribution in [0.1, 0.15) is 44.6 Å². The van der Waals surface area contributed by atoms with E-state index in [9.17, 15) is 18.0 Å². The summed E-state index contributed by atoms with van der Waals surface area (Å²) in [4.78, 5) is 29.4. The minimum atomic E-state index is -5.08. The van der Waals surface area contributed by atoms with Crippen molar-refractivity contribution >= 4 is 28.9 Å². The lowest BCUT2D eigenvalue weighted by molar-refractivity contribution is -0.192. The molecule has 1 aliphatic heterocycles. The molecule has 0 bridgehead atoms. The number of nitrogens with one attached hydrogen (secondary N) is 1. The Labute approximate surface area is 231 Å². The number of benzene rings is 2. The van der Waals surface area contributed by atoms with Gasteiger partial charge in [-0.1, -0.05) is 31.2 Å². The van der Waals surface area contributed by atoms with Gasteiger partial charge in [0.1, 0.15) is 0 Å². The standard InChI is InChI=1S/C27H33N3OS.C2HF3O2/c1-3-22-8-12-25(13-9-22)28-27(31)24-10-6-23(7-11-24)19-29-15-4-16-30(18-17-29)20-26-14-5-21(2)32-26;3-2(4,5)1(6)7/h5-14H,3-4,15-20H2,1-2H3,(H,28,31);(H,6,7). The first-order valence-electron chi connectivity index (χ1n) is 12.8. The van der Waals surface area contributed by atoms with Gasteiger partial charge >= 0.3 is 12.1 Å². The second kappa shape index (κ2) is 14.3. The maximum Gasteiger partial charge on any atom is 0.490 e. The fraction of sp³-hybridized carbons (Fsp3) is 0.379. The predicted octanol–water partition coefficient (Wildman–Crippen LogP) is 6.21. The molecule has 1 fully saturated rings. The maximum absolute atomic E-state index is 12.6. The van der Waals surface area contributed by atoms with Gasteiger partial charge in [-0.25, -0.2) is 4.79 Å². The van der Waals surface area contributed by atoms with Crippen LogP contribution < -0.4 is 5.32 Å². The number of carbonyl (C=O) groups is 2. The molecule has 0 radical (unpaired) electrons. The third-order valence-corrected chi connectivity index (χ3v) is 7.33. The van der Waals surface area contributed by atoms with Crippen LogP contribution in [0.3, 0.4) is 0 Å². The van der Waals surface area contributed by atoms with Gasteiger partial charge < -0.3 is 10.4 Å². The molecule has 0 atom stereocenters. The minimum absolute atomic E-state index is 0.0602. The molecule has 6 nitrogen and oxygen atoms in total.